The van der Waals surface area contributed by atoms with Gasteiger partial charge in [0, 0.05) is 6.04 Å². The quantitative estimate of drug-likeness (QED) is 0.593. The number of phenols is 2. The van der Waals surface area contributed by atoms with Crippen LogP contribution in [0.1, 0.15) is 36.0 Å². The van der Waals surface area contributed by atoms with E-state index in [2.05, 4.69) is 5.32 Å². The zero-order valence-electron chi connectivity index (χ0n) is 9.97. The van der Waals surface area contributed by atoms with Crippen LogP contribution in [0.2, 0.25) is 0 Å². The highest BCUT2D eigenvalue weighted by Crippen LogP contribution is 2.23. The monoisotopic (exact) mass is 251 g/mol. The van der Waals surface area contributed by atoms with Crippen LogP contribution < -0.4 is 5.32 Å². The minimum Gasteiger partial charge on any atom is -0.508 e. The first-order chi connectivity index (χ1) is 8.56. The Morgan fingerprint density at radius 1 is 1.17 bits per heavy atom. The molecule has 0 aromatic heterocycles. The van der Waals surface area contributed by atoms with Crippen molar-refractivity contribution in [2.24, 2.45) is 0 Å². The highest BCUT2D eigenvalue weighted by atomic mass is 16.3. The van der Waals surface area contributed by atoms with Crippen molar-refractivity contribution in [1.29, 1.82) is 0 Å². The molecule has 1 aromatic rings. The van der Waals surface area contributed by atoms with Gasteiger partial charge in [0.2, 0.25) is 0 Å². The number of carbonyl (C=O) groups is 1. The van der Waals surface area contributed by atoms with Crippen molar-refractivity contribution in [3.63, 3.8) is 0 Å². The molecule has 1 amide bonds. The minimum atomic E-state index is -0.398. The molecule has 0 aliphatic heterocycles. The maximum atomic E-state index is 11.9. The normalized spacial score (nSPS) is 23.6. The molecule has 1 aliphatic rings. The van der Waals surface area contributed by atoms with E-state index in [-0.39, 0.29) is 29.2 Å². The van der Waals surface area contributed by atoms with Gasteiger partial charge in [-0.1, -0.05) is 0 Å². The number of carbonyl (C=O) groups excluding carboxylic acids is 1. The molecular formula is C13H17NO4. The minimum absolute atomic E-state index is 0.0163. The van der Waals surface area contributed by atoms with Gasteiger partial charge in [0.05, 0.1) is 11.7 Å². The summed E-state index contributed by atoms with van der Waals surface area (Å²) >= 11 is 0. The van der Waals surface area contributed by atoms with Crippen LogP contribution in [0.4, 0.5) is 0 Å². The molecule has 0 unspecified atom stereocenters. The van der Waals surface area contributed by atoms with E-state index in [0.29, 0.717) is 12.8 Å². The van der Waals surface area contributed by atoms with Gasteiger partial charge in [-0.15, -0.1) is 0 Å². The number of aliphatic hydroxyl groups excluding tert-OH is 1. The van der Waals surface area contributed by atoms with Crippen LogP contribution in [0, 0.1) is 0 Å². The summed E-state index contributed by atoms with van der Waals surface area (Å²) in [7, 11) is 0. The molecule has 18 heavy (non-hydrogen) atoms. The molecular weight excluding hydrogens is 234 g/mol. The van der Waals surface area contributed by atoms with Gasteiger partial charge in [0.25, 0.3) is 5.91 Å². The maximum absolute atomic E-state index is 11.9. The molecule has 0 radical (unpaired) electrons. The second-order valence-electron chi connectivity index (χ2n) is 4.68. The van der Waals surface area contributed by atoms with Crippen LogP contribution >= 0.6 is 0 Å². The van der Waals surface area contributed by atoms with Crippen molar-refractivity contribution >= 4 is 5.91 Å². The maximum Gasteiger partial charge on any atom is 0.255 e. The number of benzene rings is 1. The van der Waals surface area contributed by atoms with Crippen LogP contribution in [0.5, 0.6) is 11.5 Å². The van der Waals surface area contributed by atoms with Crippen molar-refractivity contribution in [3.8, 4) is 11.5 Å². The van der Waals surface area contributed by atoms with E-state index in [1.807, 2.05) is 0 Å². The highest BCUT2D eigenvalue weighted by Gasteiger charge is 2.22. The van der Waals surface area contributed by atoms with Crippen LogP contribution in [-0.4, -0.2) is 33.4 Å². The second kappa shape index (κ2) is 5.27. The number of nitrogens with one attached hydrogen (secondary N) is 1. The van der Waals surface area contributed by atoms with Crippen molar-refractivity contribution in [2.45, 2.75) is 37.8 Å². The van der Waals surface area contributed by atoms with E-state index in [4.69, 9.17) is 0 Å². The Bertz CT molecular complexity index is 439. The molecule has 0 saturated heterocycles. The number of phenolic OH excluding ortho intramolecular Hbond substituents is 2. The average molecular weight is 251 g/mol. The molecule has 4 N–H and O–H groups in total. The predicted molar refractivity (Wildman–Crippen MR) is 65.5 cm³/mol. The Morgan fingerprint density at radius 3 is 2.50 bits per heavy atom. The van der Waals surface area contributed by atoms with Crippen LogP contribution in [-0.2, 0) is 0 Å². The van der Waals surface area contributed by atoms with Gasteiger partial charge in [0.15, 0.2) is 0 Å². The molecule has 0 bridgehead atoms. The van der Waals surface area contributed by atoms with Crippen LogP contribution in [0.25, 0.3) is 0 Å². The summed E-state index contributed by atoms with van der Waals surface area (Å²) in [5.74, 6) is -0.608. The summed E-state index contributed by atoms with van der Waals surface area (Å²) in [5.41, 5.74) is 0.0705. The number of rotatable bonds is 2. The van der Waals surface area contributed by atoms with Crippen molar-refractivity contribution in [1.82, 2.24) is 5.32 Å². The smallest absolute Gasteiger partial charge is 0.255 e. The zero-order valence-corrected chi connectivity index (χ0v) is 9.97. The molecule has 0 heterocycles. The summed E-state index contributed by atoms with van der Waals surface area (Å²) in [6.07, 6.45) is 2.54. The van der Waals surface area contributed by atoms with Gasteiger partial charge in [-0.05, 0) is 43.9 Å². The van der Waals surface area contributed by atoms with Crippen molar-refractivity contribution < 1.29 is 20.1 Å². The third-order valence-corrected chi connectivity index (χ3v) is 3.26. The molecule has 0 atom stereocenters. The second-order valence-corrected chi connectivity index (χ2v) is 4.68. The lowest BCUT2D eigenvalue weighted by molar-refractivity contribution is 0.0865. The standard InChI is InChI=1S/C13H17NO4/c15-9-3-1-8(2-4-9)14-13(18)11-7-10(16)5-6-12(11)17/h5-9,15-17H,1-4H2,(H,14,18). The molecule has 1 fully saturated rings. The van der Waals surface area contributed by atoms with E-state index >= 15 is 0 Å². The first-order valence-corrected chi connectivity index (χ1v) is 6.07. The third kappa shape index (κ3) is 2.92. The fourth-order valence-electron chi connectivity index (χ4n) is 2.19. The molecule has 1 aromatic carbocycles. The van der Waals surface area contributed by atoms with Crippen molar-refractivity contribution in [3.05, 3.63) is 23.8 Å². The Morgan fingerprint density at radius 2 is 1.83 bits per heavy atom. The van der Waals surface area contributed by atoms with Gasteiger partial charge in [-0.2, -0.15) is 0 Å². The van der Waals surface area contributed by atoms with E-state index in [0.717, 1.165) is 12.8 Å². The molecule has 2 rings (SSSR count). The zero-order chi connectivity index (χ0) is 13.1. The first-order valence-electron chi connectivity index (χ1n) is 6.07. The lowest BCUT2D eigenvalue weighted by Crippen LogP contribution is -2.38. The summed E-state index contributed by atoms with van der Waals surface area (Å²) < 4.78 is 0. The van der Waals surface area contributed by atoms with E-state index in [1.165, 1.54) is 18.2 Å². The van der Waals surface area contributed by atoms with Gasteiger partial charge in [-0.3, -0.25) is 4.79 Å². The molecule has 98 valence electrons. The first kappa shape index (κ1) is 12.7. The lowest BCUT2D eigenvalue weighted by Gasteiger charge is -2.26. The third-order valence-electron chi connectivity index (χ3n) is 3.26. The van der Waals surface area contributed by atoms with E-state index in [9.17, 15) is 20.1 Å². The average Bonchev–Trinajstić information content (AvgIpc) is 2.35. The van der Waals surface area contributed by atoms with Gasteiger partial charge in [0.1, 0.15) is 11.5 Å². The van der Waals surface area contributed by atoms with Crippen LogP contribution in [0.3, 0.4) is 0 Å². The molecule has 1 saturated carbocycles. The van der Waals surface area contributed by atoms with Gasteiger partial charge >= 0.3 is 0 Å². The number of hydrogen-bond acceptors (Lipinski definition) is 4. The lowest BCUT2D eigenvalue weighted by atomic mass is 9.93. The Hall–Kier alpha value is -1.75. The van der Waals surface area contributed by atoms with Gasteiger partial charge < -0.3 is 20.6 Å². The Labute approximate surface area is 105 Å². The predicted octanol–water partition coefficient (Wildman–Crippen LogP) is 1.13. The van der Waals surface area contributed by atoms with E-state index in [1.54, 1.807) is 0 Å². The van der Waals surface area contributed by atoms with Crippen molar-refractivity contribution in [2.75, 3.05) is 0 Å². The summed E-state index contributed by atoms with van der Waals surface area (Å²) in [6.45, 7) is 0. The Kier molecular flexibility index (Phi) is 3.72. The Balaban J connectivity index is 2.01. The summed E-state index contributed by atoms with van der Waals surface area (Å²) in [5, 5.41) is 31.0. The SMILES string of the molecule is O=C(NC1CCC(O)CC1)c1cc(O)ccc1O. The highest BCUT2D eigenvalue weighted by molar-refractivity contribution is 5.97. The number of amides is 1. The topological polar surface area (TPSA) is 89.8 Å². The van der Waals surface area contributed by atoms with Gasteiger partial charge in [-0.25, -0.2) is 0 Å². The molecule has 5 nitrogen and oxygen atoms in total. The van der Waals surface area contributed by atoms with E-state index < -0.39 is 5.91 Å². The number of hydrogen-bond donors (Lipinski definition) is 4. The molecule has 1 aliphatic carbocycles. The molecule has 0 spiro atoms. The largest absolute Gasteiger partial charge is 0.508 e. The fourth-order valence-corrected chi connectivity index (χ4v) is 2.19. The fraction of sp³-hybridized carbons (Fsp3) is 0.462. The molecule has 5 heteroatoms. The summed E-state index contributed by atoms with van der Waals surface area (Å²) in [6, 6.07) is 3.86. The van der Waals surface area contributed by atoms with Crippen LogP contribution in [0.15, 0.2) is 18.2 Å². The number of aromatic hydroxyl groups is 2. The number of aliphatic hydroxyl groups is 1. The summed E-state index contributed by atoms with van der Waals surface area (Å²) in [4.78, 5) is 11.9.